The van der Waals surface area contributed by atoms with Crippen LogP contribution in [0.2, 0.25) is 0 Å². The summed E-state index contributed by atoms with van der Waals surface area (Å²) in [5, 5.41) is 9.15. The van der Waals surface area contributed by atoms with Crippen LogP contribution in [-0.2, 0) is 14.8 Å². The van der Waals surface area contributed by atoms with E-state index in [0.29, 0.717) is 12.1 Å². The van der Waals surface area contributed by atoms with Gasteiger partial charge in [-0.2, -0.15) is 0 Å². The van der Waals surface area contributed by atoms with Gasteiger partial charge in [0.05, 0.1) is 4.90 Å². The molecule has 2 N–H and O–H groups in total. The van der Waals surface area contributed by atoms with E-state index in [4.69, 9.17) is 5.11 Å². The molecule has 0 spiro atoms. The summed E-state index contributed by atoms with van der Waals surface area (Å²) in [7, 11) is -1.78. The molecule has 0 radical (unpaired) electrons. The molecule has 0 heterocycles. The molecule has 1 aliphatic carbocycles. The molecule has 0 aromatic heterocycles. The Hall–Kier alpha value is -1.60. The smallest absolute Gasteiger partial charge is 0.326 e. The number of aliphatic carboxylic acids is 1. The Bertz CT molecular complexity index is 608. The van der Waals surface area contributed by atoms with Crippen LogP contribution in [0.4, 0.5) is 5.69 Å². The Morgan fingerprint density at radius 3 is 2.38 bits per heavy atom. The standard InChI is InChI=1S/C14H20N2O4S/c1-3-13(14(17)18)16(2)11-6-8-12(9-7-11)21(19,20)15-10-4-5-10/h6-10,13,15H,3-5H2,1-2H3,(H,17,18). The van der Waals surface area contributed by atoms with Crippen LogP contribution in [0.3, 0.4) is 0 Å². The van der Waals surface area contributed by atoms with Gasteiger partial charge >= 0.3 is 5.97 Å². The van der Waals surface area contributed by atoms with E-state index < -0.39 is 22.0 Å². The number of nitrogens with one attached hydrogen (secondary N) is 1. The van der Waals surface area contributed by atoms with Crippen LogP contribution in [-0.4, -0.2) is 38.6 Å². The molecule has 0 bridgehead atoms. The second-order valence-electron chi connectivity index (χ2n) is 5.26. The van der Waals surface area contributed by atoms with E-state index in [2.05, 4.69) is 4.72 Å². The Kier molecular flexibility index (Phi) is 4.53. The minimum absolute atomic E-state index is 0.0637. The van der Waals surface area contributed by atoms with Gasteiger partial charge in [0.2, 0.25) is 10.0 Å². The van der Waals surface area contributed by atoms with E-state index in [0.717, 1.165) is 12.8 Å². The van der Waals surface area contributed by atoms with Gasteiger partial charge in [-0.25, -0.2) is 17.9 Å². The highest BCUT2D eigenvalue weighted by molar-refractivity contribution is 7.89. The number of anilines is 1. The Morgan fingerprint density at radius 2 is 1.95 bits per heavy atom. The van der Waals surface area contributed by atoms with Crippen LogP contribution in [0.15, 0.2) is 29.2 Å². The van der Waals surface area contributed by atoms with Crippen molar-refractivity contribution in [2.75, 3.05) is 11.9 Å². The molecule has 2 rings (SSSR count). The van der Waals surface area contributed by atoms with Crippen LogP contribution in [0.5, 0.6) is 0 Å². The molecule has 1 aromatic carbocycles. The van der Waals surface area contributed by atoms with Crippen molar-refractivity contribution < 1.29 is 18.3 Å². The third-order valence-corrected chi connectivity index (χ3v) is 5.13. The molecule has 0 saturated heterocycles. The van der Waals surface area contributed by atoms with Crippen LogP contribution in [0.25, 0.3) is 0 Å². The first-order valence-electron chi connectivity index (χ1n) is 6.93. The van der Waals surface area contributed by atoms with Crippen molar-refractivity contribution >= 4 is 21.7 Å². The average Bonchev–Trinajstić information content (AvgIpc) is 3.22. The molecule has 1 saturated carbocycles. The number of hydrogen-bond acceptors (Lipinski definition) is 4. The lowest BCUT2D eigenvalue weighted by Gasteiger charge is -2.26. The van der Waals surface area contributed by atoms with E-state index in [-0.39, 0.29) is 10.9 Å². The predicted molar refractivity (Wildman–Crippen MR) is 79.9 cm³/mol. The first-order chi connectivity index (χ1) is 9.85. The van der Waals surface area contributed by atoms with Gasteiger partial charge in [0.1, 0.15) is 6.04 Å². The second-order valence-corrected chi connectivity index (χ2v) is 6.98. The first kappa shape index (κ1) is 15.8. The molecule has 6 nitrogen and oxygen atoms in total. The highest BCUT2D eigenvalue weighted by Gasteiger charge is 2.28. The van der Waals surface area contributed by atoms with Crippen molar-refractivity contribution in [1.29, 1.82) is 0 Å². The third kappa shape index (κ3) is 3.74. The van der Waals surface area contributed by atoms with Crippen molar-refractivity contribution in [2.45, 2.75) is 43.2 Å². The minimum atomic E-state index is -3.47. The zero-order valence-corrected chi connectivity index (χ0v) is 12.9. The maximum Gasteiger partial charge on any atom is 0.326 e. The number of carboxylic acid groups (broad SMARTS) is 1. The molecule has 0 amide bonds. The fourth-order valence-electron chi connectivity index (χ4n) is 2.14. The Balaban J connectivity index is 2.16. The van der Waals surface area contributed by atoms with Gasteiger partial charge in [0, 0.05) is 18.8 Å². The number of likely N-dealkylation sites (N-methyl/N-ethyl adjacent to an activating group) is 1. The number of hydrogen-bond donors (Lipinski definition) is 2. The predicted octanol–water partition coefficient (Wildman–Crippen LogP) is 1.43. The molecule has 1 unspecified atom stereocenters. The molecule has 1 fully saturated rings. The van der Waals surface area contributed by atoms with Gasteiger partial charge in [-0.3, -0.25) is 0 Å². The van der Waals surface area contributed by atoms with Crippen molar-refractivity contribution in [2.24, 2.45) is 0 Å². The van der Waals surface area contributed by atoms with Crippen molar-refractivity contribution in [1.82, 2.24) is 4.72 Å². The van der Waals surface area contributed by atoms with Gasteiger partial charge in [-0.1, -0.05) is 6.92 Å². The SMILES string of the molecule is CCC(C(=O)O)N(C)c1ccc(S(=O)(=O)NC2CC2)cc1. The number of carbonyl (C=O) groups is 1. The van der Waals surface area contributed by atoms with Gasteiger partial charge in [0.15, 0.2) is 0 Å². The first-order valence-corrected chi connectivity index (χ1v) is 8.41. The second kappa shape index (κ2) is 6.03. The summed E-state index contributed by atoms with van der Waals surface area (Å²) in [6.45, 7) is 1.80. The molecule has 1 atom stereocenters. The quantitative estimate of drug-likeness (QED) is 0.795. The maximum absolute atomic E-state index is 12.0. The van der Waals surface area contributed by atoms with Gasteiger partial charge in [-0.15, -0.1) is 0 Å². The Morgan fingerprint density at radius 1 is 1.38 bits per heavy atom. The maximum atomic E-state index is 12.0. The lowest BCUT2D eigenvalue weighted by atomic mass is 10.2. The normalized spacial score (nSPS) is 16.5. The minimum Gasteiger partial charge on any atom is -0.480 e. The summed E-state index contributed by atoms with van der Waals surface area (Å²) in [6.07, 6.45) is 2.24. The summed E-state index contributed by atoms with van der Waals surface area (Å²) in [6, 6.07) is 5.71. The fraction of sp³-hybridized carbons (Fsp3) is 0.500. The highest BCUT2D eigenvalue weighted by atomic mass is 32.2. The topological polar surface area (TPSA) is 86.7 Å². The zero-order valence-electron chi connectivity index (χ0n) is 12.1. The summed E-state index contributed by atoms with van der Waals surface area (Å²) in [5.41, 5.74) is 0.676. The van der Waals surface area contributed by atoms with E-state index in [1.165, 1.54) is 12.1 Å². The van der Waals surface area contributed by atoms with Crippen molar-refractivity contribution in [3.63, 3.8) is 0 Å². The van der Waals surface area contributed by atoms with Gasteiger partial charge in [0.25, 0.3) is 0 Å². The number of benzene rings is 1. The number of nitrogens with zero attached hydrogens (tertiary/aromatic N) is 1. The number of sulfonamides is 1. The lowest BCUT2D eigenvalue weighted by Crippen LogP contribution is -2.37. The molecular weight excluding hydrogens is 292 g/mol. The van der Waals surface area contributed by atoms with Crippen LogP contribution >= 0.6 is 0 Å². The van der Waals surface area contributed by atoms with Crippen molar-refractivity contribution in [3.05, 3.63) is 24.3 Å². The van der Waals surface area contributed by atoms with Crippen LogP contribution in [0.1, 0.15) is 26.2 Å². The molecule has 0 aliphatic heterocycles. The number of carboxylic acids is 1. The average molecular weight is 312 g/mol. The zero-order chi connectivity index (χ0) is 15.6. The van der Waals surface area contributed by atoms with Crippen LogP contribution < -0.4 is 9.62 Å². The lowest BCUT2D eigenvalue weighted by molar-refractivity contribution is -0.138. The third-order valence-electron chi connectivity index (χ3n) is 3.59. The van der Waals surface area contributed by atoms with Gasteiger partial charge < -0.3 is 10.0 Å². The van der Waals surface area contributed by atoms with E-state index in [9.17, 15) is 13.2 Å². The van der Waals surface area contributed by atoms with Crippen LogP contribution in [0, 0.1) is 0 Å². The van der Waals surface area contributed by atoms with E-state index >= 15 is 0 Å². The molecule has 21 heavy (non-hydrogen) atoms. The van der Waals surface area contributed by atoms with Crippen molar-refractivity contribution in [3.8, 4) is 0 Å². The summed E-state index contributed by atoms with van der Waals surface area (Å²) in [4.78, 5) is 13.0. The number of rotatable bonds is 7. The van der Waals surface area contributed by atoms with Gasteiger partial charge in [-0.05, 0) is 43.5 Å². The molecule has 116 valence electrons. The largest absolute Gasteiger partial charge is 0.480 e. The molecule has 1 aliphatic rings. The van der Waals surface area contributed by atoms with E-state index in [1.54, 1.807) is 31.0 Å². The fourth-order valence-corrected chi connectivity index (χ4v) is 3.45. The summed E-state index contributed by atoms with van der Waals surface area (Å²) < 4.78 is 26.7. The summed E-state index contributed by atoms with van der Waals surface area (Å²) >= 11 is 0. The highest BCUT2D eigenvalue weighted by Crippen LogP contribution is 2.24. The monoisotopic (exact) mass is 312 g/mol. The van der Waals surface area contributed by atoms with E-state index in [1.807, 2.05) is 0 Å². The molecule has 1 aromatic rings. The molecule has 7 heteroatoms. The summed E-state index contributed by atoms with van der Waals surface area (Å²) in [5.74, 6) is -0.896. The Labute approximate surface area is 124 Å². The molecular formula is C14H20N2O4S.